The van der Waals surface area contributed by atoms with Gasteiger partial charge in [0.25, 0.3) is 5.91 Å². The summed E-state index contributed by atoms with van der Waals surface area (Å²) in [7, 11) is 0. The van der Waals surface area contributed by atoms with Gasteiger partial charge in [0.1, 0.15) is 0 Å². The fraction of sp³-hybridized carbons (Fsp3) is 0.333. The van der Waals surface area contributed by atoms with Crippen molar-refractivity contribution in [3.63, 3.8) is 0 Å². The first kappa shape index (κ1) is 18.0. The van der Waals surface area contributed by atoms with Gasteiger partial charge in [-0.2, -0.15) is 0 Å². The van der Waals surface area contributed by atoms with E-state index in [9.17, 15) is 9.59 Å². The topological polar surface area (TPSA) is 52.7 Å². The SMILES string of the molecule is C#CCNC(=O)CN1CCCN(C(=O)c2cccc3ccccc23)CC1. The minimum atomic E-state index is -0.0724. The highest BCUT2D eigenvalue weighted by atomic mass is 16.2. The average molecular weight is 349 g/mol. The van der Waals surface area contributed by atoms with E-state index in [-0.39, 0.29) is 18.4 Å². The predicted molar refractivity (Wildman–Crippen MR) is 103 cm³/mol. The molecule has 5 heteroatoms. The van der Waals surface area contributed by atoms with Gasteiger partial charge < -0.3 is 10.2 Å². The fourth-order valence-electron chi connectivity index (χ4n) is 3.32. The number of amides is 2. The Labute approximate surface area is 154 Å². The molecule has 0 aliphatic carbocycles. The Balaban J connectivity index is 1.66. The van der Waals surface area contributed by atoms with Crippen molar-refractivity contribution in [2.24, 2.45) is 0 Å². The van der Waals surface area contributed by atoms with Crippen molar-refractivity contribution in [1.29, 1.82) is 0 Å². The third-order valence-corrected chi connectivity index (χ3v) is 4.65. The minimum Gasteiger partial charge on any atom is -0.344 e. The van der Waals surface area contributed by atoms with Crippen molar-refractivity contribution >= 4 is 22.6 Å². The molecule has 2 amide bonds. The number of carbonyl (C=O) groups is 2. The predicted octanol–water partition coefficient (Wildman–Crippen LogP) is 1.74. The maximum Gasteiger partial charge on any atom is 0.254 e. The van der Waals surface area contributed by atoms with Crippen LogP contribution < -0.4 is 5.32 Å². The summed E-state index contributed by atoms with van der Waals surface area (Å²) < 4.78 is 0. The molecule has 0 aromatic heterocycles. The molecule has 0 spiro atoms. The quantitative estimate of drug-likeness (QED) is 0.856. The molecule has 1 aliphatic rings. The number of terminal acetylenes is 1. The van der Waals surface area contributed by atoms with E-state index in [1.807, 2.05) is 47.4 Å². The Hall–Kier alpha value is -2.84. The van der Waals surface area contributed by atoms with E-state index in [0.717, 1.165) is 29.3 Å². The maximum absolute atomic E-state index is 13.0. The van der Waals surface area contributed by atoms with E-state index in [4.69, 9.17) is 6.42 Å². The Bertz CT molecular complexity index is 835. The monoisotopic (exact) mass is 349 g/mol. The molecule has 2 aromatic rings. The summed E-state index contributed by atoms with van der Waals surface area (Å²) in [6.07, 6.45) is 6.00. The molecule has 1 heterocycles. The Morgan fingerprint density at radius 3 is 2.69 bits per heavy atom. The molecule has 26 heavy (non-hydrogen) atoms. The second-order valence-corrected chi connectivity index (χ2v) is 6.43. The third-order valence-electron chi connectivity index (χ3n) is 4.65. The lowest BCUT2D eigenvalue weighted by Gasteiger charge is -2.22. The molecule has 0 bridgehead atoms. The van der Waals surface area contributed by atoms with Crippen LogP contribution in [0.2, 0.25) is 0 Å². The standard InChI is InChI=1S/C21H23N3O2/c1-2-11-22-20(25)16-23-12-6-13-24(15-14-23)21(26)19-10-5-8-17-7-3-4-9-18(17)19/h1,3-5,7-10H,6,11-16H2,(H,22,25). The molecule has 5 nitrogen and oxygen atoms in total. The zero-order valence-corrected chi connectivity index (χ0v) is 14.8. The Morgan fingerprint density at radius 2 is 1.85 bits per heavy atom. The summed E-state index contributed by atoms with van der Waals surface area (Å²) in [5.41, 5.74) is 0.739. The van der Waals surface area contributed by atoms with E-state index < -0.39 is 0 Å². The van der Waals surface area contributed by atoms with Crippen molar-refractivity contribution in [2.75, 3.05) is 39.3 Å². The van der Waals surface area contributed by atoms with Crippen molar-refractivity contribution in [3.05, 3.63) is 48.0 Å². The van der Waals surface area contributed by atoms with E-state index in [2.05, 4.69) is 16.1 Å². The van der Waals surface area contributed by atoms with Gasteiger partial charge in [-0.05, 0) is 23.3 Å². The van der Waals surface area contributed by atoms with Crippen molar-refractivity contribution in [2.45, 2.75) is 6.42 Å². The van der Waals surface area contributed by atoms with Gasteiger partial charge in [-0.15, -0.1) is 6.42 Å². The zero-order valence-electron chi connectivity index (χ0n) is 14.8. The molecule has 1 fully saturated rings. The van der Waals surface area contributed by atoms with Crippen LogP contribution in [-0.4, -0.2) is 60.9 Å². The number of hydrogen-bond donors (Lipinski definition) is 1. The van der Waals surface area contributed by atoms with Crippen LogP contribution in [0.1, 0.15) is 16.8 Å². The van der Waals surface area contributed by atoms with Crippen LogP contribution in [-0.2, 0) is 4.79 Å². The van der Waals surface area contributed by atoms with E-state index in [0.29, 0.717) is 26.2 Å². The van der Waals surface area contributed by atoms with Crippen molar-refractivity contribution in [3.8, 4) is 12.3 Å². The van der Waals surface area contributed by atoms with Crippen LogP contribution in [0.5, 0.6) is 0 Å². The largest absolute Gasteiger partial charge is 0.344 e. The lowest BCUT2D eigenvalue weighted by Crippen LogP contribution is -2.40. The van der Waals surface area contributed by atoms with Crippen LogP contribution in [0.4, 0.5) is 0 Å². The highest BCUT2D eigenvalue weighted by Gasteiger charge is 2.22. The highest BCUT2D eigenvalue weighted by molar-refractivity contribution is 6.07. The fourth-order valence-corrected chi connectivity index (χ4v) is 3.32. The second-order valence-electron chi connectivity index (χ2n) is 6.43. The van der Waals surface area contributed by atoms with Gasteiger partial charge in [0, 0.05) is 31.7 Å². The zero-order chi connectivity index (χ0) is 18.4. The maximum atomic E-state index is 13.0. The van der Waals surface area contributed by atoms with Crippen LogP contribution in [0, 0.1) is 12.3 Å². The molecule has 134 valence electrons. The first-order valence-corrected chi connectivity index (χ1v) is 8.88. The average Bonchev–Trinajstić information content (AvgIpc) is 2.91. The molecular formula is C21H23N3O2. The summed E-state index contributed by atoms with van der Waals surface area (Å²) >= 11 is 0. The second kappa shape index (κ2) is 8.50. The number of nitrogens with one attached hydrogen (secondary N) is 1. The van der Waals surface area contributed by atoms with Crippen molar-refractivity contribution < 1.29 is 9.59 Å². The van der Waals surface area contributed by atoms with E-state index >= 15 is 0 Å². The molecule has 1 saturated heterocycles. The molecule has 3 rings (SSSR count). The summed E-state index contributed by atoms with van der Waals surface area (Å²) in [5.74, 6) is 2.38. The van der Waals surface area contributed by atoms with Gasteiger partial charge in [0.15, 0.2) is 0 Å². The summed E-state index contributed by atoms with van der Waals surface area (Å²) in [6.45, 7) is 3.36. The number of carbonyl (C=O) groups excluding carboxylic acids is 2. The first-order valence-electron chi connectivity index (χ1n) is 8.88. The molecule has 0 saturated carbocycles. The van der Waals surface area contributed by atoms with Crippen LogP contribution in [0.15, 0.2) is 42.5 Å². The minimum absolute atomic E-state index is 0.0560. The molecule has 2 aromatic carbocycles. The molecule has 1 N–H and O–H groups in total. The number of hydrogen-bond acceptors (Lipinski definition) is 3. The number of rotatable bonds is 4. The van der Waals surface area contributed by atoms with E-state index in [1.54, 1.807) is 0 Å². The smallest absolute Gasteiger partial charge is 0.254 e. The first-order chi connectivity index (χ1) is 12.7. The number of nitrogens with zero attached hydrogens (tertiary/aromatic N) is 2. The normalized spacial score (nSPS) is 15.3. The Kier molecular flexibility index (Phi) is 5.88. The lowest BCUT2D eigenvalue weighted by atomic mass is 10.0. The highest BCUT2D eigenvalue weighted by Crippen LogP contribution is 2.20. The molecule has 1 aliphatic heterocycles. The Morgan fingerprint density at radius 1 is 1.04 bits per heavy atom. The molecule has 0 atom stereocenters. The summed E-state index contributed by atoms with van der Waals surface area (Å²) in [4.78, 5) is 28.8. The number of benzene rings is 2. The lowest BCUT2D eigenvalue weighted by molar-refractivity contribution is -0.121. The van der Waals surface area contributed by atoms with Crippen molar-refractivity contribution in [1.82, 2.24) is 15.1 Å². The molecule has 0 unspecified atom stereocenters. The van der Waals surface area contributed by atoms with Crippen LogP contribution in [0.25, 0.3) is 10.8 Å². The van der Waals surface area contributed by atoms with Gasteiger partial charge in [0.2, 0.25) is 5.91 Å². The van der Waals surface area contributed by atoms with Gasteiger partial charge in [-0.3, -0.25) is 14.5 Å². The summed E-state index contributed by atoms with van der Waals surface area (Å²) in [6, 6.07) is 13.8. The van der Waals surface area contributed by atoms with Gasteiger partial charge in [-0.25, -0.2) is 0 Å². The van der Waals surface area contributed by atoms with Crippen LogP contribution in [0.3, 0.4) is 0 Å². The van der Waals surface area contributed by atoms with Crippen LogP contribution >= 0.6 is 0 Å². The van der Waals surface area contributed by atoms with Gasteiger partial charge in [-0.1, -0.05) is 42.3 Å². The summed E-state index contributed by atoms with van der Waals surface area (Å²) in [5, 5.41) is 4.73. The molecular weight excluding hydrogens is 326 g/mol. The third kappa shape index (κ3) is 4.22. The van der Waals surface area contributed by atoms with Gasteiger partial charge >= 0.3 is 0 Å². The van der Waals surface area contributed by atoms with Gasteiger partial charge in [0.05, 0.1) is 13.1 Å². The molecule has 0 radical (unpaired) electrons. The number of fused-ring (bicyclic) bond motifs is 1. The van der Waals surface area contributed by atoms with E-state index in [1.165, 1.54) is 0 Å².